The van der Waals surface area contributed by atoms with Gasteiger partial charge in [-0.25, -0.2) is 4.79 Å². The molecular weight excluding hydrogens is 276 g/mol. The van der Waals surface area contributed by atoms with Crippen molar-refractivity contribution in [3.8, 4) is 0 Å². The molecule has 3 atom stereocenters. The number of rotatable bonds is 3. The summed E-state index contributed by atoms with van der Waals surface area (Å²) in [7, 11) is 0. The van der Waals surface area contributed by atoms with Gasteiger partial charge in [-0.15, -0.1) is 0 Å². The Kier molecular flexibility index (Phi) is 3.85. The van der Waals surface area contributed by atoms with Crippen molar-refractivity contribution in [1.82, 2.24) is 0 Å². The summed E-state index contributed by atoms with van der Waals surface area (Å²) >= 11 is 0. The number of hydrogen-bond donors (Lipinski definition) is 0. The molecule has 2 aliphatic heterocycles. The predicted molar refractivity (Wildman–Crippen MR) is 86.3 cm³/mol. The van der Waals surface area contributed by atoms with Gasteiger partial charge >= 0.3 is 5.97 Å². The summed E-state index contributed by atoms with van der Waals surface area (Å²) in [4.78, 5) is 12.1. The Balaban J connectivity index is 1.64. The molecule has 0 radical (unpaired) electrons. The van der Waals surface area contributed by atoms with E-state index in [2.05, 4.69) is 20.8 Å². The van der Waals surface area contributed by atoms with E-state index in [4.69, 9.17) is 9.47 Å². The molecule has 0 amide bonds. The zero-order valence-corrected chi connectivity index (χ0v) is 13.5. The molecule has 3 heteroatoms. The van der Waals surface area contributed by atoms with Crippen LogP contribution in [0.5, 0.6) is 0 Å². The highest BCUT2D eigenvalue weighted by Gasteiger charge is 2.55. The van der Waals surface area contributed by atoms with Crippen molar-refractivity contribution in [1.29, 1.82) is 0 Å². The highest BCUT2D eigenvalue weighted by molar-refractivity contribution is 5.87. The first-order valence-corrected chi connectivity index (χ1v) is 8.03. The van der Waals surface area contributed by atoms with E-state index in [9.17, 15) is 4.79 Å². The molecule has 1 aliphatic carbocycles. The second-order valence-corrected chi connectivity index (χ2v) is 7.16. The van der Waals surface area contributed by atoms with Crippen LogP contribution < -0.4 is 0 Å². The van der Waals surface area contributed by atoms with Gasteiger partial charge in [0.25, 0.3) is 0 Å². The summed E-state index contributed by atoms with van der Waals surface area (Å²) in [6.07, 6.45) is 6.16. The van der Waals surface area contributed by atoms with Crippen LogP contribution in [0.1, 0.15) is 45.6 Å². The van der Waals surface area contributed by atoms with Crippen LogP contribution in [-0.2, 0) is 14.3 Å². The second kappa shape index (κ2) is 5.54. The maximum atomic E-state index is 12.1. The highest BCUT2D eigenvalue weighted by Crippen LogP contribution is 2.50. The fourth-order valence-electron chi connectivity index (χ4n) is 3.76. The van der Waals surface area contributed by atoms with Gasteiger partial charge in [-0.2, -0.15) is 0 Å². The van der Waals surface area contributed by atoms with Crippen molar-refractivity contribution < 1.29 is 14.3 Å². The van der Waals surface area contributed by atoms with Crippen molar-refractivity contribution in [2.75, 3.05) is 0 Å². The molecule has 1 saturated carbocycles. The molecule has 1 aromatic carbocycles. The van der Waals surface area contributed by atoms with E-state index < -0.39 is 0 Å². The number of carbonyl (C=O) groups excluding carboxylic acids is 1. The minimum absolute atomic E-state index is 0.115. The molecule has 3 fully saturated rings. The third kappa shape index (κ3) is 2.95. The molecule has 0 aromatic heterocycles. The van der Waals surface area contributed by atoms with Gasteiger partial charge in [0, 0.05) is 6.08 Å². The van der Waals surface area contributed by atoms with E-state index >= 15 is 0 Å². The first-order chi connectivity index (χ1) is 10.4. The summed E-state index contributed by atoms with van der Waals surface area (Å²) in [5.74, 6) is 0.175. The van der Waals surface area contributed by atoms with Gasteiger partial charge < -0.3 is 9.47 Å². The van der Waals surface area contributed by atoms with Gasteiger partial charge in [0.1, 0.15) is 11.7 Å². The maximum Gasteiger partial charge on any atom is 0.331 e. The summed E-state index contributed by atoms with van der Waals surface area (Å²) in [6.45, 7) is 6.35. The highest BCUT2D eigenvalue weighted by atomic mass is 16.6. The van der Waals surface area contributed by atoms with E-state index in [0.717, 1.165) is 24.8 Å². The molecule has 3 aliphatic rings. The number of fused-ring (bicyclic) bond motifs is 3. The van der Waals surface area contributed by atoms with Crippen molar-refractivity contribution in [3.05, 3.63) is 42.0 Å². The lowest BCUT2D eigenvalue weighted by Crippen LogP contribution is -2.62. The summed E-state index contributed by atoms with van der Waals surface area (Å²) in [6, 6.07) is 9.76. The minimum atomic E-state index is -0.353. The quantitative estimate of drug-likeness (QED) is 0.625. The van der Waals surface area contributed by atoms with Gasteiger partial charge in [0.05, 0.1) is 5.60 Å². The molecule has 2 saturated heterocycles. The van der Waals surface area contributed by atoms with Gasteiger partial charge in [-0.05, 0) is 57.6 Å². The Morgan fingerprint density at radius 2 is 2.00 bits per heavy atom. The lowest BCUT2D eigenvalue weighted by molar-refractivity contribution is -0.277. The first kappa shape index (κ1) is 15.3. The monoisotopic (exact) mass is 300 g/mol. The van der Waals surface area contributed by atoms with E-state index in [-0.39, 0.29) is 23.3 Å². The lowest BCUT2D eigenvalue weighted by atomic mass is 9.67. The summed E-state index contributed by atoms with van der Waals surface area (Å²) in [5, 5.41) is 0. The minimum Gasteiger partial charge on any atom is -0.456 e. The van der Waals surface area contributed by atoms with Crippen LogP contribution in [0.3, 0.4) is 0 Å². The Bertz CT molecular complexity index is 576. The average Bonchev–Trinajstić information content (AvgIpc) is 2.47. The Morgan fingerprint density at radius 1 is 1.27 bits per heavy atom. The van der Waals surface area contributed by atoms with Crippen molar-refractivity contribution in [3.63, 3.8) is 0 Å². The third-order valence-electron chi connectivity index (χ3n) is 5.12. The number of ether oxygens (including phenoxy) is 2. The van der Waals surface area contributed by atoms with E-state index in [1.54, 1.807) is 6.08 Å². The maximum absolute atomic E-state index is 12.1. The average molecular weight is 300 g/mol. The first-order valence-electron chi connectivity index (χ1n) is 8.03. The number of esters is 1. The van der Waals surface area contributed by atoms with Gasteiger partial charge in [0.15, 0.2) is 0 Å². The van der Waals surface area contributed by atoms with Crippen molar-refractivity contribution in [2.24, 2.45) is 5.92 Å². The van der Waals surface area contributed by atoms with Crippen LogP contribution in [-0.4, -0.2) is 23.3 Å². The van der Waals surface area contributed by atoms with E-state index in [1.807, 2.05) is 30.3 Å². The number of hydrogen-bond acceptors (Lipinski definition) is 3. The number of benzene rings is 1. The summed E-state index contributed by atoms with van der Waals surface area (Å²) < 4.78 is 11.9. The largest absolute Gasteiger partial charge is 0.456 e. The normalized spacial score (nSPS) is 33.0. The molecule has 3 nitrogen and oxygen atoms in total. The van der Waals surface area contributed by atoms with E-state index in [0.29, 0.717) is 5.92 Å². The zero-order chi connectivity index (χ0) is 15.8. The molecule has 1 aromatic rings. The second-order valence-electron chi connectivity index (χ2n) is 7.16. The molecule has 0 unspecified atom stereocenters. The van der Waals surface area contributed by atoms with Gasteiger partial charge in [-0.1, -0.05) is 30.3 Å². The van der Waals surface area contributed by atoms with Crippen molar-refractivity contribution in [2.45, 2.75) is 57.3 Å². The van der Waals surface area contributed by atoms with Crippen LogP contribution in [0.25, 0.3) is 6.08 Å². The van der Waals surface area contributed by atoms with Crippen LogP contribution in [0.15, 0.2) is 36.4 Å². The third-order valence-corrected chi connectivity index (χ3v) is 5.12. The topological polar surface area (TPSA) is 35.5 Å². The molecule has 0 N–H and O–H groups in total. The fraction of sp³-hybridized carbons (Fsp3) is 0.526. The Labute approximate surface area is 132 Å². The van der Waals surface area contributed by atoms with Crippen LogP contribution in [0.4, 0.5) is 0 Å². The van der Waals surface area contributed by atoms with Gasteiger partial charge in [-0.3, -0.25) is 0 Å². The van der Waals surface area contributed by atoms with Crippen molar-refractivity contribution >= 4 is 12.0 Å². The molecule has 2 bridgehead atoms. The predicted octanol–water partition coefficient (Wildman–Crippen LogP) is 3.98. The Hall–Kier alpha value is -1.61. The molecular formula is C19H24O3. The van der Waals surface area contributed by atoms with E-state index in [1.165, 1.54) is 6.08 Å². The SMILES string of the molecule is CC1(C)O[C@]2(C)CC[C@@H]1C[C@H]2OC(=O)/C=C/c1ccccc1. The molecule has 22 heavy (non-hydrogen) atoms. The molecule has 4 rings (SSSR count). The zero-order valence-electron chi connectivity index (χ0n) is 13.5. The van der Waals surface area contributed by atoms with Gasteiger partial charge in [0.2, 0.25) is 0 Å². The summed E-state index contributed by atoms with van der Waals surface area (Å²) in [5.41, 5.74) is 0.526. The Morgan fingerprint density at radius 3 is 2.64 bits per heavy atom. The smallest absolute Gasteiger partial charge is 0.331 e. The standard InChI is InChI=1S/C19H24O3/c1-18(2)15-11-12-19(3,22-18)16(13-15)21-17(20)10-9-14-7-5-4-6-8-14/h4-10,15-16H,11-13H2,1-3H3/b10-9+/t15-,16-,19-/m1/s1. The van der Waals surface area contributed by atoms with Crippen LogP contribution >= 0.6 is 0 Å². The fourth-order valence-corrected chi connectivity index (χ4v) is 3.76. The molecule has 0 spiro atoms. The number of carbonyl (C=O) groups is 1. The molecule has 2 heterocycles. The van der Waals surface area contributed by atoms with Crippen LogP contribution in [0.2, 0.25) is 0 Å². The van der Waals surface area contributed by atoms with Crippen LogP contribution in [0, 0.1) is 5.92 Å². The lowest BCUT2D eigenvalue weighted by Gasteiger charge is -2.56. The molecule has 118 valence electrons.